The molecule has 0 aliphatic rings. The van der Waals surface area contributed by atoms with Crippen LogP contribution in [0.5, 0.6) is 0 Å². The van der Waals surface area contributed by atoms with Gasteiger partial charge < -0.3 is 10.1 Å². The molecule has 0 saturated carbocycles. The van der Waals surface area contributed by atoms with Crippen LogP contribution < -0.4 is 5.32 Å². The summed E-state index contributed by atoms with van der Waals surface area (Å²) in [7, 11) is 0. The smallest absolute Gasteiger partial charge is 0.306 e. The molecular weight excluding hydrogens is 349 g/mol. The summed E-state index contributed by atoms with van der Waals surface area (Å²) in [6.07, 6.45) is 0.204. The Morgan fingerprint density at radius 2 is 1.79 bits per heavy atom. The Morgan fingerprint density at radius 1 is 1.08 bits per heavy atom. The van der Waals surface area contributed by atoms with E-state index in [9.17, 15) is 9.59 Å². The molecule has 2 rings (SSSR count). The molecule has 24 heavy (non-hydrogen) atoms. The molecule has 1 atom stereocenters. The fourth-order valence-electron chi connectivity index (χ4n) is 2.14. The molecule has 2 aromatic rings. The molecule has 1 unspecified atom stereocenters. The lowest BCUT2D eigenvalue weighted by Gasteiger charge is -2.12. The van der Waals surface area contributed by atoms with Crippen molar-refractivity contribution < 1.29 is 14.3 Å². The molecular formula is C18H17Cl2NO3. The van der Waals surface area contributed by atoms with E-state index in [2.05, 4.69) is 5.32 Å². The van der Waals surface area contributed by atoms with E-state index in [1.54, 1.807) is 18.2 Å². The van der Waals surface area contributed by atoms with Crippen molar-refractivity contribution in [2.45, 2.75) is 19.3 Å². The van der Waals surface area contributed by atoms with Gasteiger partial charge in [-0.1, -0.05) is 66.5 Å². The van der Waals surface area contributed by atoms with Crippen LogP contribution >= 0.6 is 23.2 Å². The van der Waals surface area contributed by atoms with E-state index in [4.69, 9.17) is 27.9 Å². The molecule has 126 valence electrons. The topological polar surface area (TPSA) is 55.4 Å². The molecule has 0 bridgehead atoms. The van der Waals surface area contributed by atoms with E-state index in [0.29, 0.717) is 10.7 Å². The maximum Gasteiger partial charge on any atom is 0.306 e. The molecule has 0 aromatic heterocycles. The quantitative estimate of drug-likeness (QED) is 0.756. The van der Waals surface area contributed by atoms with Gasteiger partial charge in [0.05, 0.1) is 22.2 Å². The van der Waals surface area contributed by atoms with Gasteiger partial charge in [-0.05, 0) is 23.6 Å². The Morgan fingerprint density at radius 3 is 2.50 bits per heavy atom. The van der Waals surface area contributed by atoms with E-state index in [-0.39, 0.29) is 24.0 Å². The number of halogens is 2. The summed E-state index contributed by atoms with van der Waals surface area (Å²) < 4.78 is 5.01. The minimum atomic E-state index is -0.472. The molecule has 1 N–H and O–H groups in total. The third-order valence-electron chi connectivity index (χ3n) is 3.43. The SMILES string of the molecule is CC(CC(=O)OCC(=O)Nc1cccc(Cl)c1Cl)c1ccccc1. The fraction of sp³-hybridized carbons (Fsp3) is 0.222. The Labute approximate surface area is 150 Å². The number of carbonyl (C=O) groups excluding carboxylic acids is 2. The monoisotopic (exact) mass is 365 g/mol. The third-order valence-corrected chi connectivity index (χ3v) is 4.25. The molecule has 4 nitrogen and oxygen atoms in total. The Hall–Kier alpha value is -2.04. The molecule has 0 fully saturated rings. The maximum absolute atomic E-state index is 11.9. The van der Waals surface area contributed by atoms with Crippen LogP contribution in [0.1, 0.15) is 24.8 Å². The van der Waals surface area contributed by atoms with Gasteiger partial charge in [0, 0.05) is 0 Å². The van der Waals surface area contributed by atoms with Gasteiger partial charge in [0.1, 0.15) is 0 Å². The van der Waals surface area contributed by atoms with Crippen molar-refractivity contribution in [2.24, 2.45) is 0 Å². The molecule has 1 amide bonds. The highest BCUT2D eigenvalue weighted by Gasteiger charge is 2.14. The van der Waals surface area contributed by atoms with Gasteiger partial charge in [0.25, 0.3) is 5.91 Å². The van der Waals surface area contributed by atoms with E-state index >= 15 is 0 Å². The number of anilines is 1. The predicted octanol–water partition coefficient (Wildman–Crippen LogP) is 4.67. The largest absolute Gasteiger partial charge is 0.456 e. The van der Waals surface area contributed by atoms with E-state index < -0.39 is 11.9 Å². The lowest BCUT2D eigenvalue weighted by atomic mass is 9.98. The first-order valence-corrected chi connectivity index (χ1v) is 8.17. The average Bonchev–Trinajstić information content (AvgIpc) is 2.58. The highest BCUT2D eigenvalue weighted by Crippen LogP contribution is 2.29. The molecule has 0 aliphatic carbocycles. The summed E-state index contributed by atoms with van der Waals surface area (Å²) in [4.78, 5) is 23.7. The van der Waals surface area contributed by atoms with Crippen molar-refractivity contribution in [1.82, 2.24) is 0 Å². The van der Waals surface area contributed by atoms with Gasteiger partial charge in [-0.3, -0.25) is 9.59 Å². The van der Waals surface area contributed by atoms with Crippen LogP contribution in [-0.2, 0) is 14.3 Å². The number of benzene rings is 2. The van der Waals surface area contributed by atoms with Crippen LogP contribution in [0.25, 0.3) is 0 Å². The molecule has 6 heteroatoms. The summed E-state index contributed by atoms with van der Waals surface area (Å²) in [5.74, 6) is -0.886. The number of hydrogen-bond acceptors (Lipinski definition) is 3. The minimum absolute atomic E-state index is 0.0177. The van der Waals surface area contributed by atoms with Gasteiger partial charge in [-0.2, -0.15) is 0 Å². The van der Waals surface area contributed by atoms with Crippen LogP contribution in [-0.4, -0.2) is 18.5 Å². The van der Waals surface area contributed by atoms with Crippen molar-refractivity contribution in [3.63, 3.8) is 0 Å². The van der Waals surface area contributed by atoms with Crippen molar-refractivity contribution in [1.29, 1.82) is 0 Å². The lowest BCUT2D eigenvalue weighted by molar-refractivity contribution is -0.147. The van der Waals surface area contributed by atoms with Crippen molar-refractivity contribution in [3.05, 3.63) is 64.1 Å². The van der Waals surface area contributed by atoms with Gasteiger partial charge in [-0.15, -0.1) is 0 Å². The summed E-state index contributed by atoms with van der Waals surface area (Å²) in [5.41, 5.74) is 1.42. The fourth-order valence-corrected chi connectivity index (χ4v) is 2.49. The van der Waals surface area contributed by atoms with Gasteiger partial charge in [0.2, 0.25) is 0 Å². The summed E-state index contributed by atoms with van der Waals surface area (Å²) in [5, 5.41) is 3.14. The minimum Gasteiger partial charge on any atom is -0.456 e. The first kappa shape index (κ1) is 18.3. The number of esters is 1. The van der Waals surface area contributed by atoms with Gasteiger partial charge in [-0.25, -0.2) is 0 Å². The third kappa shape index (κ3) is 5.25. The number of rotatable bonds is 6. The van der Waals surface area contributed by atoms with E-state index in [1.165, 1.54) is 0 Å². The predicted molar refractivity (Wildman–Crippen MR) is 95.5 cm³/mol. The second kappa shape index (κ2) is 8.71. The lowest BCUT2D eigenvalue weighted by Crippen LogP contribution is -2.21. The highest BCUT2D eigenvalue weighted by molar-refractivity contribution is 6.43. The number of hydrogen-bond donors (Lipinski definition) is 1. The highest BCUT2D eigenvalue weighted by atomic mass is 35.5. The van der Waals surface area contributed by atoms with Crippen LogP contribution in [0.15, 0.2) is 48.5 Å². The second-order valence-electron chi connectivity index (χ2n) is 5.33. The zero-order valence-corrected chi connectivity index (χ0v) is 14.6. The van der Waals surface area contributed by atoms with Crippen molar-refractivity contribution in [2.75, 3.05) is 11.9 Å². The summed E-state index contributed by atoms with van der Waals surface area (Å²) in [6.45, 7) is 1.56. The number of carbonyl (C=O) groups is 2. The first-order valence-electron chi connectivity index (χ1n) is 7.42. The Balaban J connectivity index is 1.81. The maximum atomic E-state index is 11.9. The zero-order chi connectivity index (χ0) is 17.5. The van der Waals surface area contributed by atoms with Crippen LogP contribution in [0.2, 0.25) is 10.0 Å². The van der Waals surface area contributed by atoms with Crippen molar-refractivity contribution in [3.8, 4) is 0 Å². The number of nitrogens with one attached hydrogen (secondary N) is 1. The molecule has 2 aromatic carbocycles. The van der Waals surface area contributed by atoms with Crippen LogP contribution in [0, 0.1) is 0 Å². The van der Waals surface area contributed by atoms with Crippen LogP contribution in [0.4, 0.5) is 5.69 Å². The number of amides is 1. The number of ether oxygens (including phenoxy) is 1. The molecule has 0 aliphatic heterocycles. The van der Waals surface area contributed by atoms with Gasteiger partial charge >= 0.3 is 5.97 Å². The summed E-state index contributed by atoms with van der Waals surface area (Å²) in [6, 6.07) is 14.5. The molecule has 0 radical (unpaired) electrons. The van der Waals surface area contributed by atoms with E-state index in [1.807, 2.05) is 37.3 Å². The van der Waals surface area contributed by atoms with Gasteiger partial charge in [0.15, 0.2) is 6.61 Å². The van der Waals surface area contributed by atoms with E-state index in [0.717, 1.165) is 5.56 Å². The molecule has 0 spiro atoms. The first-order chi connectivity index (χ1) is 11.5. The molecule has 0 heterocycles. The molecule has 0 saturated heterocycles. The Bertz CT molecular complexity index is 719. The Kier molecular flexibility index (Phi) is 6.64. The van der Waals surface area contributed by atoms with Crippen molar-refractivity contribution >= 4 is 40.8 Å². The van der Waals surface area contributed by atoms with Crippen LogP contribution in [0.3, 0.4) is 0 Å². The standard InChI is InChI=1S/C18H17Cl2NO3/c1-12(13-6-3-2-4-7-13)10-17(23)24-11-16(22)21-15-9-5-8-14(19)18(15)20/h2-9,12H,10-11H2,1H3,(H,21,22). The zero-order valence-electron chi connectivity index (χ0n) is 13.1. The normalized spacial score (nSPS) is 11.6. The second-order valence-corrected chi connectivity index (χ2v) is 6.11. The average molecular weight is 366 g/mol. The summed E-state index contributed by atoms with van der Waals surface area (Å²) >= 11 is 11.9.